The zero-order valence-electron chi connectivity index (χ0n) is 11.7. The topological polar surface area (TPSA) is 0 Å². The lowest BCUT2D eigenvalue weighted by atomic mass is 10.0. The first-order chi connectivity index (χ1) is 10.7. The molecule has 0 radical (unpaired) electrons. The van der Waals surface area contributed by atoms with Crippen LogP contribution in [0.25, 0.3) is 11.1 Å². The van der Waals surface area contributed by atoms with Gasteiger partial charge in [-0.25, -0.2) is 0 Å². The third kappa shape index (κ3) is 3.79. The SMILES string of the molecule is Brc1ccc(I)cc1-c1cccc(C#Cc2ccccc2)c1. The lowest BCUT2D eigenvalue weighted by Crippen LogP contribution is -1.83. The van der Waals surface area contributed by atoms with Gasteiger partial charge in [-0.05, 0) is 76.2 Å². The molecule has 0 aliphatic heterocycles. The van der Waals surface area contributed by atoms with Crippen molar-refractivity contribution in [1.29, 1.82) is 0 Å². The summed E-state index contributed by atoms with van der Waals surface area (Å²) in [6.07, 6.45) is 0. The van der Waals surface area contributed by atoms with Crippen molar-refractivity contribution >= 4 is 38.5 Å². The molecular weight excluding hydrogens is 447 g/mol. The first-order valence-corrected chi connectivity index (χ1v) is 8.72. The van der Waals surface area contributed by atoms with E-state index in [-0.39, 0.29) is 0 Å². The van der Waals surface area contributed by atoms with Gasteiger partial charge in [-0.3, -0.25) is 0 Å². The van der Waals surface area contributed by atoms with Crippen molar-refractivity contribution in [3.8, 4) is 23.0 Å². The molecule has 0 bridgehead atoms. The number of halogens is 2. The Bertz CT molecular complexity index is 858. The van der Waals surface area contributed by atoms with Gasteiger partial charge >= 0.3 is 0 Å². The molecule has 0 nitrogen and oxygen atoms in total. The highest BCUT2D eigenvalue weighted by atomic mass is 127. The molecule has 3 aromatic rings. The van der Waals surface area contributed by atoms with E-state index >= 15 is 0 Å². The molecule has 0 unspecified atom stereocenters. The summed E-state index contributed by atoms with van der Waals surface area (Å²) in [4.78, 5) is 0. The van der Waals surface area contributed by atoms with Crippen molar-refractivity contribution in [3.05, 3.63) is 92.0 Å². The van der Waals surface area contributed by atoms with Crippen LogP contribution >= 0.6 is 38.5 Å². The Labute approximate surface area is 152 Å². The molecule has 0 saturated carbocycles. The van der Waals surface area contributed by atoms with Gasteiger partial charge in [0.2, 0.25) is 0 Å². The third-order valence-corrected chi connectivity index (χ3v) is 4.59. The zero-order valence-corrected chi connectivity index (χ0v) is 15.4. The minimum absolute atomic E-state index is 1.02. The monoisotopic (exact) mass is 458 g/mol. The summed E-state index contributed by atoms with van der Waals surface area (Å²) < 4.78 is 2.32. The Balaban J connectivity index is 1.97. The molecule has 22 heavy (non-hydrogen) atoms. The molecule has 0 heterocycles. The van der Waals surface area contributed by atoms with Crippen molar-refractivity contribution in [1.82, 2.24) is 0 Å². The van der Waals surface area contributed by atoms with E-state index in [9.17, 15) is 0 Å². The molecule has 0 spiro atoms. The molecule has 0 N–H and O–H groups in total. The molecule has 2 heteroatoms. The van der Waals surface area contributed by atoms with E-state index in [1.54, 1.807) is 0 Å². The Morgan fingerprint density at radius 3 is 2.27 bits per heavy atom. The van der Waals surface area contributed by atoms with Gasteiger partial charge in [0.25, 0.3) is 0 Å². The predicted octanol–water partition coefficient (Wildman–Crippen LogP) is 6.12. The number of rotatable bonds is 1. The minimum Gasteiger partial charge on any atom is -0.0622 e. The quantitative estimate of drug-likeness (QED) is 0.304. The van der Waals surface area contributed by atoms with E-state index in [1.807, 2.05) is 36.4 Å². The average Bonchev–Trinajstić information content (AvgIpc) is 2.56. The predicted molar refractivity (Wildman–Crippen MR) is 105 cm³/mol. The molecule has 0 saturated heterocycles. The fraction of sp³-hybridized carbons (Fsp3) is 0. The van der Waals surface area contributed by atoms with Crippen LogP contribution in [0.5, 0.6) is 0 Å². The highest BCUT2D eigenvalue weighted by Gasteiger charge is 2.04. The first kappa shape index (κ1) is 15.3. The zero-order chi connectivity index (χ0) is 15.4. The highest BCUT2D eigenvalue weighted by molar-refractivity contribution is 14.1. The van der Waals surface area contributed by atoms with Crippen LogP contribution in [0, 0.1) is 15.4 Å². The number of benzene rings is 3. The first-order valence-electron chi connectivity index (χ1n) is 6.85. The lowest BCUT2D eigenvalue weighted by Gasteiger charge is -2.06. The Morgan fingerprint density at radius 2 is 1.45 bits per heavy atom. The molecule has 106 valence electrons. The van der Waals surface area contributed by atoms with Gasteiger partial charge in [0.05, 0.1) is 0 Å². The maximum atomic E-state index is 3.63. The van der Waals surface area contributed by atoms with E-state index in [4.69, 9.17) is 0 Å². The van der Waals surface area contributed by atoms with Gasteiger partial charge < -0.3 is 0 Å². The van der Waals surface area contributed by atoms with Gasteiger partial charge in [-0.15, -0.1) is 0 Å². The summed E-state index contributed by atoms with van der Waals surface area (Å²) in [5, 5.41) is 0. The normalized spacial score (nSPS) is 9.91. The van der Waals surface area contributed by atoms with E-state index in [2.05, 4.69) is 86.8 Å². The second-order valence-corrected chi connectivity index (χ2v) is 6.92. The summed E-state index contributed by atoms with van der Waals surface area (Å²) in [5.74, 6) is 6.44. The highest BCUT2D eigenvalue weighted by Crippen LogP contribution is 2.30. The second-order valence-electron chi connectivity index (χ2n) is 4.82. The Hall–Kier alpha value is -1.57. The van der Waals surface area contributed by atoms with Gasteiger partial charge in [-0.2, -0.15) is 0 Å². The summed E-state index contributed by atoms with van der Waals surface area (Å²) in [6, 6.07) is 24.7. The van der Waals surface area contributed by atoms with Crippen LogP contribution in [0.2, 0.25) is 0 Å². The molecule has 0 aromatic heterocycles. The number of hydrogen-bond donors (Lipinski definition) is 0. The Kier molecular flexibility index (Phi) is 4.97. The summed E-state index contributed by atoms with van der Waals surface area (Å²) in [6.45, 7) is 0. The van der Waals surface area contributed by atoms with Crippen LogP contribution < -0.4 is 0 Å². The van der Waals surface area contributed by atoms with Crippen molar-refractivity contribution < 1.29 is 0 Å². The second kappa shape index (κ2) is 7.13. The number of hydrogen-bond acceptors (Lipinski definition) is 0. The van der Waals surface area contributed by atoms with Gasteiger partial charge in [0, 0.05) is 19.2 Å². The largest absolute Gasteiger partial charge is 0.0622 e. The van der Waals surface area contributed by atoms with Crippen LogP contribution in [0.4, 0.5) is 0 Å². The Morgan fingerprint density at radius 1 is 0.727 bits per heavy atom. The molecule has 0 fully saturated rings. The van der Waals surface area contributed by atoms with Crippen LogP contribution in [-0.2, 0) is 0 Å². The van der Waals surface area contributed by atoms with E-state index < -0.39 is 0 Å². The van der Waals surface area contributed by atoms with Crippen molar-refractivity contribution in [3.63, 3.8) is 0 Å². The molecular formula is C20H12BrI. The van der Waals surface area contributed by atoms with Crippen LogP contribution in [0.1, 0.15) is 11.1 Å². The van der Waals surface area contributed by atoms with Crippen molar-refractivity contribution in [2.45, 2.75) is 0 Å². The summed E-state index contributed by atoms with van der Waals surface area (Å²) >= 11 is 5.96. The van der Waals surface area contributed by atoms with E-state index in [1.165, 1.54) is 14.7 Å². The third-order valence-electron chi connectivity index (χ3n) is 3.23. The fourth-order valence-corrected chi connectivity index (χ4v) is 3.12. The van der Waals surface area contributed by atoms with Gasteiger partial charge in [-0.1, -0.05) is 58.1 Å². The van der Waals surface area contributed by atoms with E-state index in [0.717, 1.165) is 15.6 Å². The fourth-order valence-electron chi connectivity index (χ4n) is 2.15. The lowest BCUT2D eigenvalue weighted by molar-refractivity contribution is 1.54. The maximum absolute atomic E-state index is 3.63. The van der Waals surface area contributed by atoms with Crippen molar-refractivity contribution in [2.75, 3.05) is 0 Å². The van der Waals surface area contributed by atoms with E-state index in [0.29, 0.717) is 0 Å². The van der Waals surface area contributed by atoms with Crippen LogP contribution in [0.3, 0.4) is 0 Å². The molecule has 0 atom stereocenters. The molecule has 0 aliphatic carbocycles. The van der Waals surface area contributed by atoms with Crippen molar-refractivity contribution in [2.24, 2.45) is 0 Å². The van der Waals surface area contributed by atoms with Crippen LogP contribution in [0.15, 0.2) is 77.3 Å². The average molecular weight is 459 g/mol. The minimum atomic E-state index is 1.02. The summed E-state index contributed by atoms with van der Waals surface area (Å²) in [7, 11) is 0. The standard InChI is InChI=1S/C20H12BrI/c21-20-12-11-18(22)14-19(20)17-8-4-7-16(13-17)10-9-15-5-2-1-3-6-15/h1-8,11-14H. The van der Waals surface area contributed by atoms with Crippen LogP contribution in [-0.4, -0.2) is 0 Å². The molecule has 0 aliphatic rings. The molecule has 3 aromatic carbocycles. The molecule has 3 rings (SSSR count). The summed E-state index contributed by atoms with van der Waals surface area (Å²) in [5.41, 5.74) is 4.41. The molecule has 0 amide bonds. The van der Waals surface area contributed by atoms with Gasteiger partial charge in [0.15, 0.2) is 0 Å². The van der Waals surface area contributed by atoms with Gasteiger partial charge in [0.1, 0.15) is 0 Å². The maximum Gasteiger partial charge on any atom is 0.0255 e. The smallest absolute Gasteiger partial charge is 0.0255 e.